The van der Waals surface area contributed by atoms with E-state index in [-0.39, 0.29) is 5.41 Å². The summed E-state index contributed by atoms with van der Waals surface area (Å²) in [6.45, 7) is 9.24. The molecular weight excluding hydrogens is 278 g/mol. The van der Waals surface area contributed by atoms with Crippen molar-refractivity contribution in [3.8, 4) is 0 Å². The Bertz CT molecular complexity index is 673. The molecule has 0 radical (unpaired) electrons. The summed E-state index contributed by atoms with van der Waals surface area (Å²) in [5.74, 6) is 2.46. The van der Waals surface area contributed by atoms with Gasteiger partial charge in [-0.25, -0.2) is 9.97 Å². The van der Waals surface area contributed by atoms with Crippen molar-refractivity contribution in [1.82, 2.24) is 19.7 Å². The molecule has 120 valence electrons. The van der Waals surface area contributed by atoms with Crippen molar-refractivity contribution in [2.24, 2.45) is 13.0 Å². The molecule has 0 amide bonds. The molecule has 0 N–H and O–H groups in total. The van der Waals surface area contributed by atoms with Gasteiger partial charge in [-0.15, -0.1) is 0 Å². The molecule has 0 saturated carbocycles. The second kappa shape index (κ2) is 5.50. The normalized spacial score (nSPS) is 19.3. The molecule has 1 aliphatic rings. The van der Waals surface area contributed by atoms with E-state index in [0.29, 0.717) is 5.92 Å². The summed E-state index contributed by atoms with van der Waals surface area (Å²) in [6, 6.07) is 0. The van der Waals surface area contributed by atoms with Gasteiger partial charge in [0.05, 0.1) is 18.2 Å². The van der Waals surface area contributed by atoms with Crippen molar-refractivity contribution < 1.29 is 4.74 Å². The van der Waals surface area contributed by atoms with Gasteiger partial charge in [0, 0.05) is 38.6 Å². The SMILES string of the molecule is COCC1CCN(c2nc(C(C)(C)C)nc3c2cnn3C)C1. The number of hydrogen-bond donors (Lipinski definition) is 0. The van der Waals surface area contributed by atoms with E-state index in [9.17, 15) is 0 Å². The summed E-state index contributed by atoms with van der Waals surface area (Å²) in [5.41, 5.74) is 0.823. The summed E-state index contributed by atoms with van der Waals surface area (Å²) in [4.78, 5) is 12.0. The topological polar surface area (TPSA) is 56.1 Å². The van der Waals surface area contributed by atoms with Crippen LogP contribution < -0.4 is 4.90 Å². The van der Waals surface area contributed by atoms with Gasteiger partial charge in [0.25, 0.3) is 0 Å². The summed E-state index contributed by atoms with van der Waals surface area (Å²) < 4.78 is 7.14. The minimum Gasteiger partial charge on any atom is -0.384 e. The van der Waals surface area contributed by atoms with Crippen LogP contribution in [-0.2, 0) is 17.2 Å². The van der Waals surface area contributed by atoms with Crippen LogP contribution in [0.3, 0.4) is 0 Å². The number of anilines is 1. The zero-order chi connectivity index (χ0) is 15.9. The van der Waals surface area contributed by atoms with Crippen LogP contribution in [0.4, 0.5) is 5.82 Å². The quantitative estimate of drug-likeness (QED) is 0.869. The third-order valence-corrected chi connectivity index (χ3v) is 4.23. The number of nitrogens with zero attached hydrogens (tertiary/aromatic N) is 5. The smallest absolute Gasteiger partial charge is 0.163 e. The number of fused-ring (bicyclic) bond motifs is 1. The number of ether oxygens (including phenoxy) is 1. The Balaban J connectivity index is 2.05. The molecule has 0 spiro atoms. The first-order chi connectivity index (χ1) is 10.4. The summed E-state index contributed by atoms with van der Waals surface area (Å²) in [5, 5.41) is 5.40. The van der Waals surface area contributed by atoms with Crippen molar-refractivity contribution >= 4 is 16.9 Å². The Labute approximate surface area is 131 Å². The predicted octanol–water partition coefficient (Wildman–Crippen LogP) is 2.13. The first kappa shape index (κ1) is 15.2. The maximum absolute atomic E-state index is 5.30. The van der Waals surface area contributed by atoms with Gasteiger partial charge in [-0.3, -0.25) is 4.68 Å². The van der Waals surface area contributed by atoms with Crippen LogP contribution in [0, 0.1) is 5.92 Å². The third kappa shape index (κ3) is 2.67. The lowest BCUT2D eigenvalue weighted by Crippen LogP contribution is -2.25. The Kier molecular flexibility index (Phi) is 3.80. The van der Waals surface area contributed by atoms with Gasteiger partial charge in [-0.2, -0.15) is 5.10 Å². The molecule has 1 atom stereocenters. The molecule has 3 heterocycles. The monoisotopic (exact) mass is 303 g/mol. The van der Waals surface area contributed by atoms with E-state index in [2.05, 4.69) is 30.8 Å². The van der Waals surface area contributed by atoms with E-state index < -0.39 is 0 Å². The van der Waals surface area contributed by atoms with Gasteiger partial charge < -0.3 is 9.64 Å². The van der Waals surface area contributed by atoms with Crippen molar-refractivity contribution in [2.75, 3.05) is 31.7 Å². The zero-order valence-electron chi connectivity index (χ0n) is 14.1. The van der Waals surface area contributed by atoms with E-state index in [4.69, 9.17) is 14.7 Å². The highest BCUT2D eigenvalue weighted by atomic mass is 16.5. The number of hydrogen-bond acceptors (Lipinski definition) is 5. The fourth-order valence-corrected chi connectivity index (χ4v) is 2.98. The molecule has 0 aliphatic carbocycles. The second-order valence-electron chi connectivity index (χ2n) is 7.18. The molecule has 3 rings (SSSR count). The van der Waals surface area contributed by atoms with Crippen LogP contribution in [0.5, 0.6) is 0 Å². The molecule has 1 fully saturated rings. The highest BCUT2D eigenvalue weighted by molar-refractivity contribution is 5.87. The molecule has 1 aliphatic heterocycles. The maximum Gasteiger partial charge on any atom is 0.163 e. The number of methoxy groups -OCH3 is 1. The van der Waals surface area contributed by atoms with Crippen LogP contribution >= 0.6 is 0 Å². The lowest BCUT2D eigenvalue weighted by Gasteiger charge is -2.22. The molecule has 2 aromatic heterocycles. The molecule has 1 unspecified atom stereocenters. The Hall–Kier alpha value is -1.69. The summed E-state index contributed by atoms with van der Waals surface area (Å²) >= 11 is 0. The van der Waals surface area contributed by atoms with E-state index in [1.807, 2.05) is 17.9 Å². The van der Waals surface area contributed by atoms with Crippen LogP contribution in [0.2, 0.25) is 0 Å². The molecule has 0 aromatic carbocycles. The van der Waals surface area contributed by atoms with Gasteiger partial charge in [-0.05, 0) is 6.42 Å². The molecule has 6 nitrogen and oxygen atoms in total. The number of aromatic nitrogens is 4. The lowest BCUT2D eigenvalue weighted by atomic mass is 9.95. The van der Waals surface area contributed by atoms with Crippen molar-refractivity contribution in [3.05, 3.63) is 12.0 Å². The molecular formula is C16H25N5O. The predicted molar refractivity (Wildman–Crippen MR) is 87.2 cm³/mol. The van der Waals surface area contributed by atoms with Gasteiger partial charge in [0.15, 0.2) is 5.65 Å². The van der Waals surface area contributed by atoms with Gasteiger partial charge in [-0.1, -0.05) is 20.8 Å². The number of aryl methyl sites for hydroxylation is 1. The highest BCUT2D eigenvalue weighted by Crippen LogP contribution is 2.31. The second-order valence-corrected chi connectivity index (χ2v) is 7.18. The Morgan fingerprint density at radius 3 is 2.77 bits per heavy atom. The van der Waals surface area contributed by atoms with Crippen molar-refractivity contribution in [2.45, 2.75) is 32.6 Å². The maximum atomic E-state index is 5.30. The van der Waals surface area contributed by atoms with Crippen LogP contribution in [0.1, 0.15) is 33.0 Å². The summed E-state index contributed by atoms with van der Waals surface area (Å²) in [7, 11) is 3.70. The van der Waals surface area contributed by atoms with E-state index >= 15 is 0 Å². The highest BCUT2D eigenvalue weighted by Gasteiger charge is 2.28. The average molecular weight is 303 g/mol. The molecule has 0 bridgehead atoms. The van der Waals surface area contributed by atoms with Crippen LogP contribution in [0.25, 0.3) is 11.0 Å². The largest absolute Gasteiger partial charge is 0.384 e. The first-order valence-corrected chi connectivity index (χ1v) is 7.84. The molecule has 1 saturated heterocycles. The Morgan fingerprint density at radius 2 is 2.09 bits per heavy atom. The minimum absolute atomic E-state index is 0.0845. The van der Waals surface area contributed by atoms with Gasteiger partial charge in [0.1, 0.15) is 11.6 Å². The van der Waals surface area contributed by atoms with Crippen molar-refractivity contribution in [3.63, 3.8) is 0 Å². The standard InChI is InChI=1S/C16H25N5O/c1-16(2,3)15-18-13-12(8-17-20(13)4)14(19-15)21-7-6-11(9-21)10-22-5/h8,11H,6-7,9-10H2,1-5H3. The van der Waals surface area contributed by atoms with Crippen LogP contribution in [0.15, 0.2) is 6.20 Å². The summed E-state index contributed by atoms with van der Waals surface area (Å²) in [6.07, 6.45) is 3.02. The molecule has 6 heteroatoms. The lowest BCUT2D eigenvalue weighted by molar-refractivity contribution is 0.161. The average Bonchev–Trinajstić information content (AvgIpc) is 3.05. The minimum atomic E-state index is -0.0845. The van der Waals surface area contributed by atoms with E-state index in [1.54, 1.807) is 7.11 Å². The first-order valence-electron chi connectivity index (χ1n) is 7.84. The fourth-order valence-electron chi connectivity index (χ4n) is 2.98. The van der Waals surface area contributed by atoms with Crippen molar-refractivity contribution in [1.29, 1.82) is 0 Å². The van der Waals surface area contributed by atoms with E-state index in [0.717, 1.165) is 48.8 Å². The van der Waals surface area contributed by atoms with Gasteiger partial charge in [0.2, 0.25) is 0 Å². The van der Waals surface area contributed by atoms with Gasteiger partial charge >= 0.3 is 0 Å². The third-order valence-electron chi connectivity index (χ3n) is 4.23. The Morgan fingerprint density at radius 1 is 1.32 bits per heavy atom. The zero-order valence-corrected chi connectivity index (χ0v) is 14.1. The van der Waals surface area contributed by atoms with E-state index in [1.165, 1.54) is 0 Å². The fraction of sp³-hybridized carbons (Fsp3) is 0.688. The number of rotatable bonds is 3. The molecule has 22 heavy (non-hydrogen) atoms. The molecule has 2 aromatic rings. The van der Waals surface area contributed by atoms with Crippen LogP contribution in [-0.4, -0.2) is 46.6 Å².